The van der Waals surface area contributed by atoms with Gasteiger partial charge in [-0.15, -0.1) is 0 Å². The molecule has 2 fully saturated rings. The molecule has 2 atom stereocenters. The molecule has 7 nitrogen and oxygen atoms in total. The first kappa shape index (κ1) is 27.3. The van der Waals surface area contributed by atoms with Gasteiger partial charge in [-0.25, -0.2) is 4.98 Å². The number of thiocarbonyl (C=S) groups is 1. The van der Waals surface area contributed by atoms with Crippen LogP contribution < -0.4 is 4.74 Å². The van der Waals surface area contributed by atoms with Crippen molar-refractivity contribution in [2.45, 2.75) is 44.9 Å². The lowest BCUT2D eigenvalue weighted by Crippen LogP contribution is -2.38. The fraction of sp³-hybridized carbons (Fsp3) is 0.333. The van der Waals surface area contributed by atoms with Crippen LogP contribution in [0, 0.1) is 0 Å². The number of likely N-dealkylation sites (tertiary alicyclic amines) is 1. The van der Waals surface area contributed by atoms with E-state index in [0.717, 1.165) is 54.2 Å². The number of hydrogen-bond acceptors (Lipinski definition) is 7. The number of imidazole rings is 1. The van der Waals surface area contributed by atoms with Gasteiger partial charge in [0.1, 0.15) is 29.3 Å². The molecule has 0 aliphatic carbocycles. The van der Waals surface area contributed by atoms with E-state index in [0.29, 0.717) is 52.0 Å². The topological polar surface area (TPSA) is 69.5 Å². The molecule has 0 saturated carbocycles. The van der Waals surface area contributed by atoms with Gasteiger partial charge in [-0.3, -0.25) is 19.2 Å². The van der Waals surface area contributed by atoms with Crippen LogP contribution in [-0.2, 0) is 17.9 Å². The number of Topliss-reactive ketones (excluding diaryl/α,β-unsaturated/α-hetero) is 1. The number of halogens is 2. The van der Waals surface area contributed by atoms with Gasteiger partial charge in [0.05, 0.1) is 34.9 Å². The van der Waals surface area contributed by atoms with Gasteiger partial charge in [-0.05, 0) is 68.4 Å². The highest BCUT2D eigenvalue weighted by molar-refractivity contribution is 7.80. The number of hydrogen-bond donors (Lipinski definition) is 0. The lowest BCUT2D eigenvalue weighted by Gasteiger charge is -2.28. The molecule has 4 aromatic rings. The number of fused-ring (bicyclic) bond motifs is 1. The molecule has 1 unspecified atom stereocenters. The number of benzene rings is 2. The summed E-state index contributed by atoms with van der Waals surface area (Å²) in [5.41, 5.74) is 4.22. The molecule has 6 rings (SSSR count). The van der Waals surface area contributed by atoms with Crippen LogP contribution in [0.1, 0.15) is 53.3 Å². The van der Waals surface area contributed by atoms with Crippen molar-refractivity contribution in [2.24, 2.45) is 0 Å². The predicted molar refractivity (Wildman–Crippen MR) is 160 cm³/mol. The molecule has 0 amide bonds. The summed E-state index contributed by atoms with van der Waals surface area (Å²) in [5, 5.41) is 1.04. The zero-order valence-electron chi connectivity index (χ0n) is 22.0. The normalized spacial score (nSPS) is 19.1. The van der Waals surface area contributed by atoms with Gasteiger partial charge in [-0.2, -0.15) is 0 Å². The first-order valence-corrected chi connectivity index (χ1v) is 14.5. The van der Waals surface area contributed by atoms with Crippen LogP contribution in [0.5, 0.6) is 5.75 Å². The first-order valence-electron chi connectivity index (χ1n) is 13.3. The highest BCUT2D eigenvalue weighted by Gasteiger charge is 2.30. The number of ketones is 1. The summed E-state index contributed by atoms with van der Waals surface area (Å²) in [4.78, 5) is 25.0. The second kappa shape index (κ2) is 11.5. The predicted octanol–water partition coefficient (Wildman–Crippen LogP) is 6.47. The highest BCUT2D eigenvalue weighted by atomic mass is 35.5. The summed E-state index contributed by atoms with van der Waals surface area (Å²) < 4.78 is 13.6. The Morgan fingerprint density at radius 2 is 1.98 bits per heavy atom. The van der Waals surface area contributed by atoms with Crippen molar-refractivity contribution in [1.29, 1.82) is 0 Å². The SMILES string of the molecule is CC(=O)c1ccc2nc(CN3CCC(c4cccc(COc5ccc(Cl)cc5Cl)n4)C3)n(C(=S)[C@@H]3CCO3)c2c1. The lowest BCUT2D eigenvalue weighted by molar-refractivity contribution is -0.00581. The van der Waals surface area contributed by atoms with Gasteiger partial charge in [0.25, 0.3) is 0 Å². The number of carbonyl (C=O) groups excluding carboxylic acids is 1. The summed E-state index contributed by atoms with van der Waals surface area (Å²) in [6.07, 6.45) is 1.78. The monoisotopic (exact) mass is 594 g/mol. The quantitative estimate of drug-likeness (QED) is 0.171. The first-order chi connectivity index (χ1) is 19.4. The molecule has 2 aliphatic rings. The van der Waals surface area contributed by atoms with Gasteiger partial charge in [0.15, 0.2) is 5.78 Å². The number of carbonyl (C=O) groups is 1. The molecule has 2 aromatic heterocycles. The van der Waals surface area contributed by atoms with E-state index in [1.807, 2.05) is 34.9 Å². The molecule has 2 saturated heterocycles. The third-order valence-corrected chi connectivity index (χ3v) is 8.45. The number of rotatable bonds is 8. The average molecular weight is 596 g/mol. The van der Waals surface area contributed by atoms with Crippen molar-refractivity contribution < 1.29 is 14.3 Å². The van der Waals surface area contributed by atoms with Crippen molar-refractivity contribution in [1.82, 2.24) is 19.4 Å². The van der Waals surface area contributed by atoms with Crippen LogP contribution in [0.4, 0.5) is 0 Å². The minimum atomic E-state index is -0.102. The molecular weight excluding hydrogens is 567 g/mol. The van der Waals surface area contributed by atoms with Crippen LogP contribution in [0.15, 0.2) is 54.6 Å². The molecule has 206 valence electrons. The Morgan fingerprint density at radius 3 is 2.73 bits per heavy atom. The van der Waals surface area contributed by atoms with E-state index in [-0.39, 0.29) is 11.9 Å². The maximum Gasteiger partial charge on any atom is 0.159 e. The second-order valence-electron chi connectivity index (χ2n) is 10.2. The summed E-state index contributed by atoms with van der Waals surface area (Å²) in [6, 6.07) is 16.9. The van der Waals surface area contributed by atoms with Gasteiger partial charge < -0.3 is 9.47 Å². The maximum absolute atomic E-state index is 12.1. The van der Waals surface area contributed by atoms with E-state index < -0.39 is 0 Å². The van der Waals surface area contributed by atoms with E-state index in [1.165, 1.54) is 0 Å². The number of nitrogens with zero attached hydrogens (tertiary/aromatic N) is 4. The summed E-state index contributed by atoms with van der Waals surface area (Å²) in [5.74, 6) is 1.75. The molecular formula is C30H28Cl2N4O3S. The molecule has 2 aromatic carbocycles. The van der Waals surface area contributed by atoms with Gasteiger partial charge in [0.2, 0.25) is 0 Å². The second-order valence-corrected chi connectivity index (χ2v) is 11.5. The Hall–Kier alpha value is -2.88. The lowest BCUT2D eigenvalue weighted by atomic mass is 10.0. The van der Waals surface area contributed by atoms with Crippen LogP contribution in [0.3, 0.4) is 0 Å². The van der Waals surface area contributed by atoms with E-state index >= 15 is 0 Å². The Morgan fingerprint density at radius 1 is 1.12 bits per heavy atom. The standard InChI is InChI=1S/C30H28Cl2N4O3S/c1-18(37)19-5-7-25-26(13-19)36(30(40)28-10-12-38-28)29(34-25)16-35-11-9-20(15-35)24-4-2-3-22(33-24)17-39-27-8-6-21(31)14-23(27)32/h2-8,13-14,20,28H,9-12,15-17H2,1H3/t20?,28-/m0/s1. The minimum Gasteiger partial charge on any atom is -0.486 e. The van der Waals surface area contributed by atoms with Gasteiger partial charge in [0, 0.05) is 35.2 Å². The Bertz CT molecular complexity index is 1600. The average Bonchev–Trinajstić information content (AvgIpc) is 3.51. The van der Waals surface area contributed by atoms with Crippen molar-refractivity contribution in [2.75, 3.05) is 19.7 Å². The fourth-order valence-corrected chi connectivity index (χ4v) is 6.09. The molecule has 40 heavy (non-hydrogen) atoms. The largest absolute Gasteiger partial charge is 0.486 e. The molecule has 0 radical (unpaired) electrons. The maximum atomic E-state index is 12.1. The van der Waals surface area contributed by atoms with E-state index in [9.17, 15) is 4.79 Å². The summed E-state index contributed by atoms with van der Waals surface area (Å²) >= 11 is 18.1. The zero-order valence-corrected chi connectivity index (χ0v) is 24.3. The van der Waals surface area contributed by atoms with Crippen LogP contribution in [0.25, 0.3) is 11.0 Å². The van der Waals surface area contributed by atoms with Crippen molar-refractivity contribution in [3.63, 3.8) is 0 Å². The van der Waals surface area contributed by atoms with Gasteiger partial charge in [-0.1, -0.05) is 41.5 Å². The molecule has 4 heterocycles. The van der Waals surface area contributed by atoms with E-state index in [4.69, 9.17) is 54.9 Å². The number of aromatic nitrogens is 3. The highest BCUT2D eigenvalue weighted by Crippen LogP contribution is 2.31. The van der Waals surface area contributed by atoms with Crippen LogP contribution in [-0.4, -0.2) is 56.0 Å². The van der Waals surface area contributed by atoms with Gasteiger partial charge >= 0.3 is 0 Å². The molecule has 0 spiro atoms. The molecule has 0 N–H and O–H groups in total. The number of pyridine rings is 1. The van der Waals surface area contributed by atoms with Crippen molar-refractivity contribution >= 4 is 57.2 Å². The Balaban J connectivity index is 1.18. The van der Waals surface area contributed by atoms with Crippen LogP contribution >= 0.6 is 35.4 Å². The molecule has 2 aliphatic heterocycles. The Kier molecular flexibility index (Phi) is 7.88. The third-order valence-electron chi connectivity index (χ3n) is 7.48. The van der Waals surface area contributed by atoms with Crippen LogP contribution in [0.2, 0.25) is 10.0 Å². The molecule has 0 bridgehead atoms. The van der Waals surface area contributed by atoms with E-state index in [1.54, 1.807) is 25.1 Å². The number of ether oxygens (including phenoxy) is 2. The van der Waals surface area contributed by atoms with Crippen molar-refractivity contribution in [3.8, 4) is 5.75 Å². The smallest absolute Gasteiger partial charge is 0.159 e. The van der Waals surface area contributed by atoms with E-state index in [2.05, 4.69) is 11.0 Å². The molecule has 10 heteroatoms. The Labute approximate surface area is 248 Å². The van der Waals surface area contributed by atoms with Crippen molar-refractivity contribution in [3.05, 3.63) is 87.4 Å². The summed E-state index contributed by atoms with van der Waals surface area (Å²) in [7, 11) is 0. The fourth-order valence-electron chi connectivity index (χ4n) is 5.24. The summed E-state index contributed by atoms with van der Waals surface area (Å²) in [6.45, 7) is 5.02. The minimum absolute atomic E-state index is 0.0146. The zero-order chi connectivity index (χ0) is 27.8. The third kappa shape index (κ3) is 5.64.